The molecule has 2 amide bonds. The Hall–Kier alpha value is -2.53. The highest BCUT2D eigenvalue weighted by Gasteiger charge is 2.30. The molecule has 0 aliphatic heterocycles. The molecule has 0 aliphatic carbocycles. The second-order valence-corrected chi connectivity index (χ2v) is 8.60. The number of amides is 2. The molecular weight excluding hydrogens is 467 g/mol. The van der Waals surface area contributed by atoms with Crippen LogP contribution in [0, 0.1) is 0 Å². The molecular formula is C25H23Cl3N2O2. The number of carbonyl (C=O) groups excluding carboxylic acids is 2. The van der Waals surface area contributed by atoms with Crippen molar-refractivity contribution in [2.45, 2.75) is 25.4 Å². The average molecular weight is 490 g/mol. The average Bonchev–Trinajstić information content (AvgIpc) is 2.78. The number of carbonyl (C=O) groups is 2. The Bertz CT molecular complexity index is 1070. The predicted molar refractivity (Wildman–Crippen MR) is 130 cm³/mol. The number of halogens is 3. The fraction of sp³-hybridized carbons (Fsp3) is 0.200. The van der Waals surface area contributed by atoms with E-state index in [1.165, 1.54) is 0 Å². The number of likely N-dealkylation sites (N-methyl/N-ethyl adjacent to an activating group) is 1. The van der Waals surface area contributed by atoms with Crippen molar-refractivity contribution in [1.29, 1.82) is 0 Å². The van der Waals surface area contributed by atoms with Crippen molar-refractivity contribution in [3.05, 3.63) is 105 Å². The first kappa shape index (κ1) is 24.1. The van der Waals surface area contributed by atoms with Crippen molar-refractivity contribution in [3.63, 3.8) is 0 Å². The summed E-state index contributed by atoms with van der Waals surface area (Å²) in [7, 11) is 1.56. The van der Waals surface area contributed by atoms with Crippen LogP contribution in [0.25, 0.3) is 0 Å². The molecule has 0 unspecified atom stereocenters. The Kier molecular flexibility index (Phi) is 8.57. The summed E-state index contributed by atoms with van der Waals surface area (Å²) < 4.78 is 0. The lowest BCUT2D eigenvalue weighted by atomic mass is 10.0. The molecule has 3 aromatic rings. The van der Waals surface area contributed by atoms with Gasteiger partial charge in [-0.05, 0) is 35.4 Å². The first-order valence-electron chi connectivity index (χ1n) is 10.1. The van der Waals surface area contributed by atoms with Crippen LogP contribution in [0.3, 0.4) is 0 Å². The van der Waals surface area contributed by atoms with E-state index in [4.69, 9.17) is 34.8 Å². The highest BCUT2D eigenvalue weighted by Crippen LogP contribution is 2.27. The minimum atomic E-state index is -0.749. The zero-order valence-electron chi connectivity index (χ0n) is 17.5. The Morgan fingerprint density at radius 1 is 0.875 bits per heavy atom. The fourth-order valence-electron chi connectivity index (χ4n) is 3.50. The molecule has 0 fully saturated rings. The SMILES string of the molecule is CNC(=O)[C@H](Cc1ccccc1)N(Cc1c(Cl)cccc1Cl)C(=O)Cc1cccc(Cl)c1. The predicted octanol–water partition coefficient (Wildman–Crippen LogP) is 5.58. The molecule has 0 saturated carbocycles. The molecule has 3 aromatic carbocycles. The Balaban J connectivity index is 1.99. The second-order valence-electron chi connectivity index (χ2n) is 7.35. The van der Waals surface area contributed by atoms with Crippen molar-refractivity contribution >= 4 is 46.6 Å². The normalized spacial score (nSPS) is 11.6. The van der Waals surface area contributed by atoms with Gasteiger partial charge >= 0.3 is 0 Å². The maximum atomic E-state index is 13.5. The number of hydrogen-bond donors (Lipinski definition) is 1. The maximum Gasteiger partial charge on any atom is 0.242 e. The number of nitrogens with zero attached hydrogens (tertiary/aromatic N) is 1. The van der Waals surface area contributed by atoms with Crippen molar-refractivity contribution in [2.75, 3.05) is 7.05 Å². The van der Waals surface area contributed by atoms with Gasteiger partial charge in [0.2, 0.25) is 11.8 Å². The van der Waals surface area contributed by atoms with Crippen LogP contribution in [-0.2, 0) is 29.0 Å². The molecule has 4 nitrogen and oxygen atoms in total. The molecule has 0 bridgehead atoms. The van der Waals surface area contributed by atoms with Gasteiger partial charge < -0.3 is 10.2 Å². The van der Waals surface area contributed by atoms with Crippen LogP contribution in [-0.4, -0.2) is 29.8 Å². The van der Waals surface area contributed by atoms with E-state index in [1.54, 1.807) is 48.3 Å². The highest BCUT2D eigenvalue weighted by atomic mass is 35.5. The summed E-state index contributed by atoms with van der Waals surface area (Å²) >= 11 is 18.9. The largest absolute Gasteiger partial charge is 0.357 e. The molecule has 166 valence electrons. The summed E-state index contributed by atoms with van der Waals surface area (Å²) in [6.45, 7) is 0.100. The molecule has 3 rings (SSSR count). The van der Waals surface area contributed by atoms with Crippen LogP contribution < -0.4 is 5.32 Å². The number of rotatable bonds is 8. The Morgan fingerprint density at radius 3 is 2.12 bits per heavy atom. The van der Waals surface area contributed by atoms with Gasteiger partial charge in [-0.2, -0.15) is 0 Å². The molecule has 7 heteroatoms. The van der Waals surface area contributed by atoms with E-state index in [2.05, 4.69) is 5.32 Å². The van der Waals surface area contributed by atoms with Gasteiger partial charge in [0.15, 0.2) is 0 Å². The van der Waals surface area contributed by atoms with Gasteiger partial charge in [0.25, 0.3) is 0 Å². The van der Waals surface area contributed by atoms with Crippen LogP contribution in [0.1, 0.15) is 16.7 Å². The van der Waals surface area contributed by atoms with Crippen LogP contribution >= 0.6 is 34.8 Å². The van der Waals surface area contributed by atoms with Gasteiger partial charge in [0.05, 0.1) is 6.42 Å². The van der Waals surface area contributed by atoms with Crippen LogP contribution in [0.4, 0.5) is 0 Å². The minimum Gasteiger partial charge on any atom is -0.357 e. The standard InChI is InChI=1S/C25H23Cl3N2O2/c1-29-25(32)23(14-17-7-3-2-4-8-17)30(16-20-21(27)11-6-12-22(20)28)24(31)15-18-9-5-10-19(26)13-18/h2-13,23H,14-16H2,1H3,(H,29,32)/t23-/m0/s1. The van der Waals surface area contributed by atoms with E-state index >= 15 is 0 Å². The summed E-state index contributed by atoms with van der Waals surface area (Å²) in [6, 6.07) is 21.1. The topological polar surface area (TPSA) is 49.4 Å². The van der Waals surface area contributed by atoms with E-state index in [0.717, 1.165) is 11.1 Å². The summed E-state index contributed by atoms with van der Waals surface area (Å²) in [4.78, 5) is 28.0. The minimum absolute atomic E-state index is 0.0882. The van der Waals surface area contributed by atoms with E-state index < -0.39 is 6.04 Å². The fourth-order valence-corrected chi connectivity index (χ4v) is 4.23. The van der Waals surface area contributed by atoms with E-state index in [9.17, 15) is 9.59 Å². The zero-order valence-corrected chi connectivity index (χ0v) is 19.8. The quantitative estimate of drug-likeness (QED) is 0.449. The van der Waals surface area contributed by atoms with Crippen LogP contribution in [0.15, 0.2) is 72.8 Å². The van der Waals surface area contributed by atoms with Crippen molar-refractivity contribution in [3.8, 4) is 0 Å². The third kappa shape index (κ3) is 6.26. The Morgan fingerprint density at radius 2 is 1.50 bits per heavy atom. The first-order valence-corrected chi connectivity index (χ1v) is 11.2. The van der Waals surface area contributed by atoms with Gasteiger partial charge in [0, 0.05) is 40.6 Å². The lowest BCUT2D eigenvalue weighted by Crippen LogP contribution is -2.50. The van der Waals surface area contributed by atoms with Crippen molar-refractivity contribution in [1.82, 2.24) is 10.2 Å². The molecule has 1 atom stereocenters. The third-order valence-corrected chi connectivity index (χ3v) is 6.10. The lowest BCUT2D eigenvalue weighted by molar-refractivity contribution is -0.140. The molecule has 1 N–H and O–H groups in total. The van der Waals surface area contributed by atoms with Gasteiger partial charge in [0.1, 0.15) is 6.04 Å². The first-order chi connectivity index (χ1) is 15.4. The summed E-state index contributed by atoms with van der Waals surface area (Å²) in [5, 5.41) is 4.11. The number of hydrogen-bond acceptors (Lipinski definition) is 2. The lowest BCUT2D eigenvalue weighted by Gasteiger charge is -2.32. The molecule has 0 saturated heterocycles. The van der Waals surface area contributed by atoms with Crippen molar-refractivity contribution in [2.24, 2.45) is 0 Å². The summed E-state index contributed by atoms with van der Waals surface area (Å²) in [5.74, 6) is -0.496. The van der Waals surface area contributed by atoms with Crippen LogP contribution in [0.2, 0.25) is 15.1 Å². The molecule has 0 aliphatic rings. The monoisotopic (exact) mass is 488 g/mol. The number of nitrogens with one attached hydrogen (secondary N) is 1. The van der Waals surface area contributed by atoms with E-state index in [-0.39, 0.29) is 24.8 Å². The zero-order chi connectivity index (χ0) is 23.1. The second kappa shape index (κ2) is 11.4. The van der Waals surface area contributed by atoms with Gasteiger partial charge in [-0.1, -0.05) is 83.3 Å². The molecule has 0 heterocycles. The van der Waals surface area contributed by atoms with E-state index in [1.807, 2.05) is 36.4 Å². The van der Waals surface area contributed by atoms with E-state index in [0.29, 0.717) is 27.1 Å². The van der Waals surface area contributed by atoms with Gasteiger partial charge in [-0.15, -0.1) is 0 Å². The molecule has 0 aromatic heterocycles. The molecule has 0 spiro atoms. The van der Waals surface area contributed by atoms with Crippen molar-refractivity contribution < 1.29 is 9.59 Å². The number of benzene rings is 3. The Labute approximate surface area is 203 Å². The third-order valence-electron chi connectivity index (χ3n) is 5.15. The maximum absolute atomic E-state index is 13.5. The highest BCUT2D eigenvalue weighted by molar-refractivity contribution is 6.36. The van der Waals surface area contributed by atoms with Gasteiger partial charge in [-0.3, -0.25) is 9.59 Å². The molecule has 0 radical (unpaired) electrons. The summed E-state index contributed by atoms with van der Waals surface area (Å²) in [5.41, 5.74) is 2.29. The summed E-state index contributed by atoms with van der Waals surface area (Å²) in [6.07, 6.45) is 0.439. The van der Waals surface area contributed by atoms with Gasteiger partial charge in [-0.25, -0.2) is 0 Å². The van der Waals surface area contributed by atoms with Crippen LogP contribution in [0.5, 0.6) is 0 Å². The smallest absolute Gasteiger partial charge is 0.242 e. The molecule has 32 heavy (non-hydrogen) atoms.